The highest BCUT2D eigenvalue weighted by molar-refractivity contribution is 7.13. The molecule has 4 nitrogen and oxygen atoms in total. The van der Waals surface area contributed by atoms with Crippen molar-refractivity contribution in [3.05, 3.63) is 63.4 Å². The van der Waals surface area contributed by atoms with Crippen LogP contribution >= 0.6 is 23.1 Å². The molecule has 3 aromatic rings. The molecule has 1 aliphatic rings. The van der Waals surface area contributed by atoms with Crippen LogP contribution in [0, 0.1) is 6.92 Å². The normalized spacial score (nSPS) is 15.8. The van der Waals surface area contributed by atoms with E-state index in [0.717, 1.165) is 41.3 Å². The Hall–Kier alpha value is -1.82. The lowest BCUT2D eigenvalue weighted by molar-refractivity contribution is 0.212. The lowest BCUT2D eigenvalue weighted by Gasteiger charge is -2.36. The minimum Gasteiger partial charge on any atom is -0.369 e. The summed E-state index contributed by atoms with van der Waals surface area (Å²) < 4.78 is 2.92. The van der Waals surface area contributed by atoms with E-state index in [-0.39, 0.29) is 5.56 Å². The van der Waals surface area contributed by atoms with Crippen LogP contribution < -0.4 is 10.5 Å². The Labute approximate surface area is 156 Å². The van der Waals surface area contributed by atoms with Crippen LogP contribution in [0.5, 0.6) is 0 Å². The van der Waals surface area contributed by atoms with Gasteiger partial charge in [-0.2, -0.15) is 0 Å². The van der Waals surface area contributed by atoms with Crippen molar-refractivity contribution in [1.29, 1.82) is 0 Å². The minimum absolute atomic E-state index is 0.119. The van der Waals surface area contributed by atoms with Crippen LogP contribution in [0.15, 0.2) is 47.3 Å². The van der Waals surface area contributed by atoms with Crippen LogP contribution in [0.2, 0.25) is 5.02 Å². The average Bonchev–Trinajstić information content (AvgIpc) is 2.94. The maximum atomic E-state index is 12.5. The van der Waals surface area contributed by atoms with Crippen molar-refractivity contribution in [1.82, 2.24) is 8.86 Å². The molecule has 4 rings (SSSR count). The number of rotatable bonds is 3. The zero-order chi connectivity index (χ0) is 17.4. The Morgan fingerprint density at radius 2 is 1.84 bits per heavy atom. The third-order valence-corrected chi connectivity index (χ3v) is 6.05. The smallest absolute Gasteiger partial charge is 0.269 e. The molecule has 2 heterocycles. The van der Waals surface area contributed by atoms with Gasteiger partial charge in [-0.15, -0.1) is 0 Å². The lowest BCUT2D eigenvalue weighted by atomic mass is 10.1. The quantitative estimate of drug-likeness (QED) is 0.699. The van der Waals surface area contributed by atoms with Crippen molar-refractivity contribution in [3.63, 3.8) is 0 Å². The zero-order valence-electron chi connectivity index (χ0n) is 14.1. The highest BCUT2D eigenvalue weighted by Gasteiger charge is 2.20. The highest BCUT2D eigenvalue weighted by Crippen LogP contribution is 2.25. The number of hydrogen-bond donors (Lipinski definition) is 0. The number of anilines is 1. The summed E-state index contributed by atoms with van der Waals surface area (Å²) in [5.41, 5.74) is 2.58. The van der Waals surface area contributed by atoms with Gasteiger partial charge in [-0.3, -0.25) is 9.69 Å². The van der Waals surface area contributed by atoms with E-state index in [1.54, 1.807) is 11.5 Å². The van der Waals surface area contributed by atoms with Crippen molar-refractivity contribution in [2.45, 2.75) is 13.6 Å². The molecule has 1 aliphatic heterocycles. The summed E-state index contributed by atoms with van der Waals surface area (Å²) in [6.07, 6.45) is 0. The number of hydrogen-bond acceptors (Lipinski definition) is 4. The molecule has 0 aliphatic carbocycles. The Morgan fingerprint density at radius 3 is 2.60 bits per heavy atom. The van der Waals surface area contributed by atoms with Crippen LogP contribution in [0.25, 0.3) is 10.1 Å². The zero-order valence-corrected chi connectivity index (χ0v) is 15.7. The molecule has 0 radical (unpaired) electrons. The Bertz CT molecular complexity index is 957. The second kappa shape index (κ2) is 6.83. The molecule has 0 saturated carbocycles. The van der Waals surface area contributed by atoms with E-state index in [1.165, 1.54) is 11.3 Å². The topological polar surface area (TPSA) is 28.5 Å². The summed E-state index contributed by atoms with van der Waals surface area (Å²) in [5, 5.41) is 1.60. The molecule has 0 unspecified atom stereocenters. The first kappa shape index (κ1) is 16.6. The summed E-state index contributed by atoms with van der Waals surface area (Å²) in [7, 11) is 0. The fraction of sp³-hybridized carbons (Fsp3) is 0.316. The van der Waals surface area contributed by atoms with Crippen molar-refractivity contribution in [3.8, 4) is 0 Å². The first-order chi connectivity index (χ1) is 12.1. The van der Waals surface area contributed by atoms with Gasteiger partial charge in [0.05, 0.1) is 16.8 Å². The maximum absolute atomic E-state index is 12.5. The standard InChI is InChI=1S/C19H20ClN3OS/c1-14-6-7-15(20)12-17(14)22-10-8-21(9-11-22)13-23-19(24)16-4-2-3-5-18(16)25-23/h2-7,12H,8-11,13H2,1H3. The van der Waals surface area contributed by atoms with E-state index in [4.69, 9.17) is 11.6 Å². The van der Waals surface area contributed by atoms with Crippen LogP contribution in [0.3, 0.4) is 0 Å². The molecular weight excluding hydrogens is 354 g/mol. The van der Waals surface area contributed by atoms with Gasteiger partial charge in [-0.1, -0.05) is 41.3 Å². The molecular formula is C19H20ClN3OS. The third kappa shape index (κ3) is 3.32. The van der Waals surface area contributed by atoms with Crippen LogP contribution in [0.1, 0.15) is 5.56 Å². The van der Waals surface area contributed by atoms with E-state index < -0.39 is 0 Å². The number of nitrogens with zero attached hydrogens (tertiary/aromatic N) is 3. The average molecular weight is 374 g/mol. The van der Waals surface area contributed by atoms with Gasteiger partial charge in [0.2, 0.25) is 0 Å². The van der Waals surface area contributed by atoms with Gasteiger partial charge in [0.25, 0.3) is 5.56 Å². The molecule has 0 amide bonds. The summed E-state index contributed by atoms with van der Waals surface area (Å²) in [4.78, 5) is 17.2. The molecule has 25 heavy (non-hydrogen) atoms. The SMILES string of the molecule is Cc1ccc(Cl)cc1N1CCN(Cn2sc3ccccc3c2=O)CC1. The van der Waals surface area contributed by atoms with Crippen molar-refractivity contribution in [2.75, 3.05) is 31.1 Å². The molecule has 0 atom stereocenters. The van der Waals surface area contributed by atoms with Crippen LogP contribution in [-0.2, 0) is 6.67 Å². The molecule has 2 aromatic carbocycles. The van der Waals surface area contributed by atoms with Gasteiger partial charge in [0.1, 0.15) is 0 Å². The number of halogens is 1. The summed E-state index contributed by atoms with van der Waals surface area (Å²) >= 11 is 7.70. The number of fused-ring (bicyclic) bond motifs is 1. The number of aromatic nitrogens is 1. The number of benzene rings is 2. The van der Waals surface area contributed by atoms with Gasteiger partial charge >= 0.3 is 0 Å². The van der Waals surface area contributed by atoms with E-state index in [1.807, 2.05) is 40.4 Å². The fourth-order valence-corrected chi connectivity index (χ4v) is 4.54. The molecule has 6 heteroatoms. The van der Waals surface area contributed by atoms with E-state index in [9.17, 15) is 4.79 Å². The van der Waals surface area contributed by atoms with E-state index in [0.29, 0.717) is 6.67 Å². The van der Waals surface area contributed by atoms with Crippen molar-refractivity contribution < 1.29 is 0 Å². The van der Waals surface area contributed by atoms with Gasteiger partial charge < -0.3 is 4.90 Å². The predicted molar refractivity (Wildman–Crippen MR) is 106 cm³/mol. The second-order valence-electron chi connectivity index (χ2n) is 6.45. The monoisotopic (exact) mass is 373 g/mol. The molecule has 130 valence electrons. The third-order valence-electron chi connectivity index (χ3n) is 4.77. The van der Waals surface area contributed by atoms with E-state index >= 15 is 0 Å². The predicted octanol–water partition coefficient (Wildman–Crippen LogP) is 3.80. The van der Waals surface area contributed by atoms with Crippen LogP contribution in [0.4, 0.5) is 5.69 Å². The highest BCUT2D eigenvalue weighted by atomic mass is 35.5. The molecule has 1 fully saturated rings. The maximum Gasteiger partial charge on any atom is 0.269 e. The van der Waals surface area contributed by atoms with Crippen LogP contribution in [-0.4, -0.2) is 35.0 Å². The largest absolute Gasteiger partial charge is 0.369 e. The number of aryl methyl sites for hydroxylation is 1. The van der Waals surface area contributed by atoms with Crippen molar-refractivity contribution in [2.24, 2.45) is 0 Å². The molecule has 1 aromatic heterocycles. The van der Waals surface area contributed by atoms with Gasteiger partial charge in [0.15, 0.2) is 0 Å². The Morgan fingerprint density at radius 1 is 1.08 bits per heavy atom. The number of piperazine rings is 1. The van der Waals surface area contributed by atoms with Gasteiger partial charge in [0, 0.05) is 36.9 Å². The molecule has 0 bridgehead atoms. The summed E-state index contributed by atoms with van der Waals surface area (Å²) in [6.45, 7) is 6.55. The first-order valence-electron chi connectivity index (χ1n) is 8.44. The Kier molecular flexibility index (Phi) is 4.54. The first-order valence-corrected chi connectivity index (χ1v) is 9.59. The van der Waals surface area contributed by atoms with E-state index in [2.05, 4.69) is 22.8 Å². The molecule has 0 spiro atoms. The molecule has 0 N–H and O–H groups in total. The van der Waals surface area contributed by atoms with Crippen molar-refractivity contribution >= 4 is 38.9 Å². The van der Waals surface area contributed by atoms with Gasteiger partial charge in [-0.05, 0) is 36.8 Å². The fourth-order valence-electron chi connectivity index (χ4n) is 3.35. The summed E-state index contributed by atoms with van der Waals surface area (Å²) in [5.74, 6) is 0. The second-order valence-corrected chi connectivity index (χ2v) is 7.95. The Balaban J connectivity index is 1.46. The summed E-state index contributed by atoms with van der Waals surface area (Å²) in [6, 6.07) is 13.9. The molecule has 1 saturated heterocycles. The lowest BCUT2D eigenvalue weighted by Crippen LogP contribution is -2.47. The minimum atomic E-state index is 0.119. The van der Waals surface area contributed by atoms with Gasteiger partial charge in [-0.25, -0.2) is 3.96 Å².